The summed E-state index contributed by atoms with van der Waals surface area (Å²) in [6.07, 6.45) is 4.36. The fourth-order valence-electron chi connectivity index (χ4n) is 4.01. The van der Waals surface area contributed by atoms with Crippen molar-refractivity contribution in [1.29, 1.82) is 5.26 Å². The second-order valence-electron chi connectivity index (χ2n) is 8.37. The van der Waals surface area contributed by atoms with Gasteiger partial charge in [-0.2, -0.15) is 5.26 Å². The highest BCUT2D eigenvalue weighted by atomic mass is 16.1. The molecule has 0 atom stereocenters. The molecule has 1 amide bonds. The lowest BCUT2D eigenvalue weighted by Crippen LogP contribution is -2.26. The maximum absolute atomic E-state index is 12.6. The molecule has 0 fully saturated rings. The number of nitrogens with zero attached hydrogens (tertiary/aromatic N) is 2. The molecule has 0 radical (unpaired) electrons. The number of carbonyl (C=O) groups excluding carboxylic acids is 1. The summed E-state index contributed by atoms with van der Waals surface area (Å²) in [7, 11) is 0. The average molecular weight is 389 g/mol. The molecule has 150 valence electrons. The van der Waals surface area contributed by atoms with Gasteiger partial charge in [0, 0.05) is 40.6 Å². The lowest BCUT2D eigenvalue weighted by Gasteiger charge is -2.25. The van der Waals surface area contributed by atoms with Crippen molar-refractivity contribution in [2.24, 2.45) is 0 Å². The quantitative estimate of drug-likeness (QED) is 0.495. The predicted octanol–water partition coefficient (Wildman–Crippen LogP) is 4.61. The first-order valence-corrected chi connectivity index (χ1v) is 9.87. The van der Waals surface area contributed by atoms with E-state index in [0.29, 0.717) is 13.0 Å². The van der Waals surface area contributed by atoms with Gasteiger partial charge in [-0.25, -0.2) is 0 Å². The molecule has 3 rings (SSSR count). The molecular formula is C24H28N4O. The predicted molar refractivity (Wildman–Crippen MR) is 118 cm³/mol. The summed E-state index contributed by atoms with van der Waals surface area (Å²) in [6, 6.07) is 12.2. The molecule has 2 aromatic heterocycles. The minimum atomic E-state index is -0.340. The Morgan fingerprint density at radius 2 is 2.00 bits per heavy atom. The van der Waals surface area contributed by atoms with Crippen molar-refractivity contribution in [3.8, 4) is 6.07 Å². The van der Waals surface area contributed by atoms with E-state index in [1.54, 1.807) is 6.08 Å². The van der Waals surface area contributed by atoms with E-state index in [1.807, 2.05) is 44.3 Å². The second kappa shape index (κ2) is 8.00. The Kier molecular flexibility index (Phi) is 5.65. The SMILES string of the molecule is Cc1cc(/C=C(/C#N)C(=O)NCCc2c[nH]c3ccccc23)c(C)n1C(C)(C)C. The van der Waals surface area contributed by atoms with E-state index in [9.17, 15) is 10.1 Å². The van der Waals surface area contributed by atoms with Crippen molar-refractivity contribution >= 4 is 22.9 Å². The van der Waals surface area contributed by atoms with Gasteiger partial charge >= 0.3 is 0 Å². The number of H-pyrrole nitrogens is 1. The number of aryl methyl sites for hydroxylation is 1. The van der Waals surface area contributed by atoms with Crippen molar-refractivity contribution in [1.82, 2.24) is 14.9 Å². The van der Waals surface area contributed by atoms with Crippen LogP contribution in [0.3, 0.4) is 0 Å². The maximum Gasteiger partial charge on any atom is 0.261 e. The van der Waals surface area contributed by atoms with Crippen LogP contribution in [0.2, 0.25) is 0 Å². The van der Waals surface area contributed by atoms with E-state index in [-0.39, 0.29) is 17.0 Å². The number of aromatic nitrogens is 2. The smallest absolute Gasteiger partial charge is 0.261 e. The van der Waals surface area contributed by atoms with Crippen molar-refractivity contribution in [2.75, 3.05) is 6.54 Å². The normalized spacial score (nSPS) is 12.2. The van der Waals surface area contributed by atoms with Crippen molar-refractivity contribution in [2.45, 2.75) is 46.6 Å². The van der Waals surface area contributed by atoms with E-state index >= 15 is 0 Å². The number of aromatic amines is 1. The number of benzene rings is 1. The van der Waals surface area contributed by atoms with Crippen LogP contribution < -0.4 is 5.32 Å². The summed E-state index contributed by atoms with van der Waals surface area (Å²) in [6.45, 7) is 11.0. The number of hydrogen-bond donors (Lipinski definition) is 2. The summed E-state index contributed by atoms with van der Waals surface area (Å²) in [5.74, 6) is -0.340. The monoisotopic (exact) mass is 388 g/mol. The molecule has 0 unspecified atom stereocenters. The molecule has 0 aliphatic rings. The summed E-state index contributed by atoms with van der Waals surface area (Å²) < 4.78 is 2.22. The molecule has 5 nitrogen and oxygen atoms in total. The molecule has 0 aliphatic carbocycles. The molecular weight excluding hydrogens is 360 g/mol. The number of amides is 1. The van der Waals surface area contributed by atoms with Crippen LogP contribution in [-0.4, -0.2) is 22.0 Å². The number of carbonyl (C=O) groups is 1. The number of rotatable bonds is 5. The molecule has 2 N–H and O–H groups in total. The van der Waals surface area contributed by atoms with Gasteiger partial charge in [-0.1, -0.05) is 18.2 Å². The first kappa shape index (κ1) is 20.5. The highest BCUT2D eigenvalue weighted by molar-refractivity contribution is 6.01. The highest BCUT2D eigenvalue weighted by Gasteiger charge is 2.20. The third-order valence-electron chi connectivity index (χ3n) is 5.16. The summed E-state index contributed by atoms with van der Waals surface area (Å²) in [4.78, 5) is 15.8. The fourth-order valence-corrected chi connectivity index (χ4v) is 4.01. The number of hydrogen-bond acceptors (Lipinski definition) is 2. The lowest BCUT2D eigenvalue weighted by molar-refractivity contribution is -0.117. The van der Waals surface area contributed by atoms with Crippen LogP contribution in [0.4, 0.5) is 0 Å². The molecule has 5 heteroatoms. The van der Waals surface area contributed by atoms with Crippen molar-refractivity contribution in [3.63, 3.8) is 0 Å². The van der Waals surface area contributed by atoms with E-state index < -0.39 is 0 Å². The molecule has 0 spiro atoms. The van der Waals surface area contributed by atoms with Crippen LogP contribution in [0.25, 0.3) is 17.0 Å². The zero-order valence-electron chi connectivity index (χ0n) is 17.8. The Morgan fingerprint density at radius 3 is 2.66 bits per heavy atom. The molecule has 0 bridgehead atoms. The van der Waals surface area contributed by atoms with Gasteiger partial charge < -0.3 is 14.9 Å². The van der Waals surface area contributed by atoms with Crippen LogP contribution in [0.5, 0.6) is 0 Å². The molecule has 2 heterocycles. The lowest BCUT2D eigenvalue weighted by atomic mass is 10.1. The summed E-state index contributed by atoms with van der Waals surface area (Å²) >= 11 is 0. The van der Waals surface area contributed by atoms with Gasteiger partial charge in [-0.05, 0) is 70.4 Å². The number of nitrogens with one attached hydrogen (secondary N) is 2. The Bertz CT molecular complexity index is 1120. The number of fused-ring (bicyclic) bond motifs is 1. The van der Waals surface area contributed by atoms with Crippen molar-refractivity contribution < 1.29 is 4.79 Å². The Balaban J connectivity index is 1.72. The first-order valence-electron chi connectivity index (χ1n) is 9.87. The largest absolute Gasteiger partial charge is 0.361 e. The summed E-state index contributed by atoms with van der Waals surface area (Å²) in [5.41, 5.74) is 5.36. The van der Waals surface area contributed by atoms with E-state index in [0.717, 1.165) is 33.4 Å². The zero-order valence-corrected chi connectivity index (χ0v) is 17.8. The van der Waals surface area contributed by atoms with Crippen LogP contribution in [0.1, 0.15) is 43.3 Å². The molecule has 0 aliphatic heterocycles. The van der Waals surface area contributed by atoms with Gasteiger partial charge in [-0.3, -0.25) is 4.79 Å². The minimum Gasteiger partial charge on any atom is -0.361 e. The third kappa shape index (κ3) is 4.27. The number of nitriles is 1. The third-order valence-corrected chi connectivity index (χ3v) is 5.16. The zero-order chi connectivity index (χ0) is 21.2. The van der Waals surface area contributed by atoms with Crippen molar-refractivity contribution in [3.05, 3.63) is 64.6 Å². The minimum absolute atomic E-state index is 0.0609. The Morgan fingerprint density at radius 1 is 1.28 bits per heavy atom. The molecule has 29 heavy (non-hydrogen) atoms. The average Bonchev–Trinajstić information content (AvgIpc) is 3.19. The first-order chi connectivity index (χ1) is 13.7. The number of para-hydroxylation sites is 1. The van der Waals surface area contributed by atoms with Crippen LogP contribution >= 0.6 is 0 Å². The fraction of sp³-hybridized carbons (Fsp3) is 0.333. The van der Waals surface area contributed by atoms with Crippen LogP contribution in [0.15, 0.2) is 42.1 Å². The van der Waals surface area contributed by atoms with E-state index in [2.05, 4.69) is 47.8 Å². The van der Waals surface area contributed by atoms with Gasteiger partial charge in [0.25, 0.3) is 5.91 Å². The van der Waals surface area contributed by atoms with Gasteiger partial charge in [-0.15, -0.1) is 0 Å². The maximum atomic E-state index is 12.6. The van der Waals surface area contributed by atoms with Gasteiger partial charge in [0.1, 0.15) is 11.6 Å². The second-order valence-corrected chi connectivity index (χ2v) is 8.37. The van der Waals surface area contributed by atoms with Gasteiger partial charge in [0.15, 0.2) is 0 Å². The van der Waals surface area contributed by atoms with Gasteiger partial charge in [0.05, 0.1) is 0 Å². The Hall–Kier alpha value is -3.26. The summed E-state index contributed by atoms with van der Waals surface area (Å²) in [5, 5.41) is 13.6. The van der Waals surface area contributed by atoms with Crippen LogP contribution in [-0.2, 0) is 16.8 Å². The molecule has 3 aromatic rings. The topological polar surface area (TPSA) is 73.6 Å². The highest BCUT2D eigenvalue weighted by Crippen LogP contribution is 2.26. The van der Waals surface area contributed by atoms with Crippen LogP contribution in [0, 0.1) is 25.2 Å². The van der Waals surface area contributed by atoms with E-state index in [4.69, 9.17) is 0 Å². The van der Waals surface area contributed by atoms with Gasteiger partial charge in [0.2, 0.25) is 0 Å². The standard InChI is InChI=1S/C24H28N4O/c1-16-12-19(17(2)28(16)24(3,4)5)13-20(14-25)23(29)26-11-10-18-15-27-22-9-7-6-8-21(18)22/h6-9,12-13,15,27H,10-11H2,1-5H3,(H,26,29)/b20-13-. The molecule has 0 saturated carbocycles. The Labute approximate surface area is 172 Å². The molecule has 1 aromatic carbocycles. The molecule has 0 saturated heterocycles. The van der Waals surface area contributed by atoms with E-state index in [1.165, 1.54) is 0 Å².